The second-order valence-corrected chi connectivity index (χ2v) is 8.65. The number of rotatable bonds is 15. The SMILES string of the molecule is CCOc1c(N(CCCNC(=O)OC(C)(C)C)CCOP(OCC)OCC)c(=O)c1=O. The highest BCUT2D eigenvalue weighted by Crippen LogP contribution is 2.39. The minimum atomic E-state index is -1.47. The molecule has 1 rings (SSSR count). The van der Waals surface area contributed by atoms with Crippen molar-refractivity contribution in [3.63, 3.8) is 0 Å². The average molecular weight is 462 g/mol. The Balaban J connectivity index is 2.71. The van der Waals surface area contributed by atoms with Crippen LogP contribution in [0.25, 0.3) is 0 Å². The molecule has 1 aromatic rings. The molecule has 0 saturated heterocycles. The van der Waals surface area contributed by atoms with E-state index in [0.717, 1.165) is 0 Å². The van der Waals surface area contributed by atoms with Gasteiger partial charge in [0.25, 0.3) is 10.9 Å². The maximum absolute atomic E-state index is 12.2. The van der Waals surface area contributed by atoms with E-state index in [4.69, 9.17) is 23.0 Å². The fourth-order valence-electron chi connectivity index (χ4n) is 2.58. The van der Waals surface area contributed by atoms with Crippen LogP contribution in [0.3, 0.4) is 0 Å². The molecule has 31 heavy (non-hydrogen) atoms. The Hall–Kier alpha value is -1.74. The zero-order chi connectivity index (χ0) is 23.4. The van der Waals surface area contributed by atoms with Crippen molar-refractivity contribution >= 4 is 20.4 Å². The molecule has 0 spiro atoms. The summed E-state index contributed by atoms with van der Waals surface area (Å²) < 4.78 is 27.0. The Morgan fingerprint density at radius 2 is 1.61 bits per heavy atom. The van der Waals surface area contributed by atoms with E-state index in [-0.39, 0.29) is 24.7 Å². The summed E-state index contributed by atoms with van der Waals surface area (Å²) in [5.74, 6) is 0.0736. The molecule has 1 aromatic carbocycles. The zero-order valence-corrected chi connectivity index (χ0v) is 20.2. The van der Waals surface area contributed by atoms with Crippen LogP contribution in [0.1, 0.15) is 48.0 Å². The standard InChI is InChI=1S/C20H35N2O8P/c1-7-26-18-15(16(23)17(18)24)22(13-14-29-31(27-8-2)28-9-3)12-10-11-21-19(25)30-20(4,5)6/h7-14H2,1-6H3,(H,21,25). The van der Waals surface area contributed by atoms with Gasteiger partial charge in [-0.15, -0.1) is 0 Å². The average Bonchev–Trinajstić information content (AvgIpc) is 2.69. The third kappa shape index (κ3) is 9.51. The van der Waals surface area contributed by atoms with Gasteiger partial charge >= 0.3 is 14.7 Å². The normalized spacial score (nSPS) is 11.7. The summed E-state index contributed by atoms with van der Waals surface area (Å²) >= 11 is 0. The monoisotopic (exact) mass is 462 g/mol. The van der Waals surface area contributed by atoms with Crippen LogP contribution in [0.4, 0.5) is 10.5 Å². The van der Waals surface area contributed by atoms with E-state index in [0.29, 0.717) is 39.3 Å². The molecule has 0 unspecified atom stereocenters. The van der Waals surface area contributed by atoms with E-state index >= 15 is 0 Å². The van der Waals surface area contributed by atoms with Gasteiger partial charge < -0.3 is 33.3 Å². The number of hydrogen-bond donors (Lipinski definition) is 1. The van der Waals surface area contributed by atoms with Crippen LogP contribution in [-0.4, -0.2) is 57.8 Å². The van der Waals surface area contributed by atoms with E-state index in [9.17, 15) is 14.4 Å². The summed E-state index contributed by atoms with van der Waals surface area (Å²) in [6, 6.07) is 0. The maximum atomic E-state index is 12.2. The first-order valence-corrected chi connectivity index (χ1v) is 11.6. The summed E-state index contributed by atoms with van der Waals surface area (Å²) in [7, 11) is -1.47. The predicted molar refractivity (Wildman–Crippen MR) is 120 cm³/mol. The first-order valence-electron chi connectivity index (χ1n) is 10.5. The maximum Gasteiger partial charge on any atom is 0.407 e. The van der Waals surface area contributed by atoms with E-state index in [1.165, 1.54) is 0 Å². The summed E-state index contributed by atoms with van der Waals surface area (Å²) in [4.78, 5) is 37.6. The van der Waals surface area contributed by atoms with Crippen LogP contribution in [0.5, 0.6) is 5.75 Å². The fraction of sp³-hybridized carbons (Fsp3) is 0.750. The molecule has 11 heteroatoms. The second-order valence-electron chi connectivity index (χ2n) is 7.43. The van der Waals surface area contributed by atoms with Crippen LogP contribution < -0.4 is 25.8 Å². The Morgan fingerprint density at radius 3 is 2.16 bits per heavy atom. The van der Waals surface area contributed by atoms with Crippen LogP contribution in [0, 0.1) is 0 Å². The van der Waals surface area contributed by atoms with Crippen molar-refractivity contribution in [3.8, 4) is 5.75 Å². The molecular weight excluding hydrogens is 427 g/mol. The number of anilines is 1. The third-order valence-corrected chi connectivity index (χ3v) is 5.08. The first kappa shape index (κ1) is 27.3. The molecule has 0 radical (unpaired) electrons. The van der Waals surface area contributed by atoms with Crippen LogP contribution in [0.15, 0.2) is 9.59 Å². The molecule has 1 N–H and O–H groups in total. The largest absolute Gasteiger partial charge is 0.488 e. The van der Waals surface area contributed by atoms with E-state index in [1.807, 2.05) is 13.8 Å². The molecule has 0 atom stereocenters. The number of carbonyl (C=O) groups excluding carboxylic acids is 1. The summed E-state index contributed by atoms with van der Waals surface area (Å²) in [5.41, 5.74) is -1.55. The smallest absolute Gasteiger partial charge is 0.407 e. The minimum Gasteiger partial charge on any atom is -0.488 e. The highest BCUT2D eigenvalue weighted by molar-refractivity contribution is 7.41. The lowest BCUT2D eigenvalue weighted by Crippen LogP contribution is -2.43. The van der Waals surface area contributed by atoms with Gasteiger partial charge in [0.05, 0.1) is 26.4 Å². The molecule has 0 saturated carbocycles. The number of carbonyl (C=O) groups is 1. The molecule has 0 bridgehead atoms. The van der Waals surface area contributed by atoms with Gasteiger partial charge in [-0.05, 0) is 48.0 Å². The molecule has 0 aliphatic rings. The van der Waals surface area contributed by atoms with E-state index in [2.05, 4.69) is 5.32 Å². The lowest BCUT2D eigenvalue weighted by Gasteiger charge is -2.27. The van der Waals surface area contributed by atoms with Crippen molar-refractivity contribution in [2.75, 3.05) is 51.0 Å². The predicted octanol–water partition coefficient (Wildman–Crippen LogP) is 2.72. The van der Waals surface area contributed by atoms with Crippen LogP contribution in [-0.2, 0) is 18.3 Å². The van der Waals surface area contributed by atoms with Gasteiger partial charge in [-0.1, -0.05) is 0 Å². The summed E-state index contributed by atoms with van der Waals surface area (Å²) in [6.45, 7) is 13.3. The van der Waals surface area contributed by atoms with Crippen molar-refractivity contribution in [2.24, 2.45) is 0 Å². The minimum absolute atomic E-state index is 0.0736. The third-order valence-electron chi connectivity index (χ3n) is 3.75. The quantitative estimate of drug-likeness (QED) is 0.239. The Bertz CT molecular complexity index is 736. The topological polar surface area (TPSA) is 113 Å². The first-order chi connectivity index (χ1) is 14.6. The number of amides is 1. The molecule has 0 heterocycles. The zero-order valence-electron chi connectivity index (χ0n) is 19.3. The number of nitrogens with one attached hydrogen (secondary N) is 1. The van der Waals surface area contributed by atoms with Gasteiger partial charge in [0.15, 0.2) is 5.75 Å². The van der Waals surface area contributed by atoms with Crippen LogP contribution in [0.2, 0.25) is 0 Å². The van der Waals surface area contributed by atoms with Gasteiger partial charge in [0, 0.05) is 19.6 Å². The molecule has 1 amide bonds. The molecule has 0 aromatic heterocycles. The molecule has 0 aliphatic heterocycles. The second kappa shape index (κ2) is 13.6. The summed E-state index contributed by atoms with van der Waals surface area (Å²) in [5, 5.41) is 2.68. The van der Waals surface area contributed by atoms with Crippen molar-refractivity contribution in [1.29, 1.82) is 0 Å². The van der Waals surface area contributed by atoms with Gasteiger partial charge in [-0.3, -0.25) is 9.59 Å². The highest BCUT2D eigenvalue weighted by atomic mass is 31.2. The van der Waals surface area contributed by atoms with Gasteiger partial charge in [-0.2, -0.15) is 0 Å². The Morgan fingerprint density at radius 1 is 0.968 bits per heavy atom. The number of nitrogens with zero attached hydrogens (tertiary/aromatic N) is 1. The number of alkyl carbamates (subject to hydrolysis) is 1. The van der Waals surface area contributed by atoms with E-state index < -0.39 is 31.2 Å². The van der Waals surface area contributed by atoms with Crippen molar-refractivity contribution in [1.82, 2.24) is 5.32 Å². The van der Waals surface area contributed by atoms with Gasteiger partial charge in [0.2, 0.25) is 0 Å². The van der Waals surface area contributed by atoms with Crippen molar-refractivity contribution in [2.45, 2.75) is 53.6 Å². The lowest BCUT2D eigenvalue weighted by molar-refractivity contribution is 0.0527. The van der Waals surface area contributed by atoms with Crippen LogP contribution >= 0.6 is 8.60 Å². The lowest BCUT2D eigenvalue weighted by atomic mass is 10.2. The number of ether oxygens (including phenoxy) is 2. The van der Waals surface area contributed by atoms with Crippen molar-refractivity contribution in [3.05, 3.63) is 20.4 Å². The highest BCUT2D eigenvalue weighted by Gasteiger charge is 2.27. The number of hydrogen-bond acceptors (Lipinski definition) is 9. The summed E-state index contributed by atoms with van der Waals surface area (Å²) in [6.07, 6.45) is 0.0144. The van der Waals surface area contributed by atoms with Gasteiger partial charge in [0.1, 0.15) is 11.3 Å². The van der Waals surface area contributed by atoms with Gasteiger partial charge in [-0.25, -0.2) is 4.79 Å². The molecule has 10 nitrogen and oxygen atoms in total. The fourth-order valence-corrected chi connectivity index (χ4v) is 3.46. The Kier molecular flexibility index (Phi) is 12.0. The molecule has 178 valence electrons. The van der Waals surface area contributed by atoms with E-state index in [1.54, 1.807) is 32.6 Å². The Labute approximate surface area is 184 Å². The molecular formula is C20H35N2O8P. The van der Waals surface area contributed by atoms with Crippen molar-refractivity contribution < 1.29 is 27.8 Å². The molecule has 0 aliphatic carbocycles. The molecule has 0 fully saturated rings.